The first kappa shape index (κ1) is 18.0. The highest BCUT2D eigenvalue weighted by atomic mass is 16.3. The van der Waals surface area contributed by atoms with Gasteiger partial charge in [-0.25, -0.2) is 0 Å². The largest absolute Gasteiger partial charge is 0.383 e. The topological polar surface area (TPSA) is 67.2 Å². The van der Waals surface area contributed by atoms with Gasteiger partial charge < -0.3 is 10.4 Å². The minimum atomic E-state index is -1.09. The summed E-state index contributed by atoms with van der Waals surface area (Å²) in [5.74, 6) is 0.867. The van der Waals surface area contributed by atoms with Crippen molar-refractivity contribution in [1.82, 2.24) is 15.1 Å². The average molecular weight is 321 g/mol. The van der Waals surface area contributed by atoms with E-state index in [1.165, 1.54) is 25.7 Å². The highest BCUT2D eigenvalue weighted by Gasteiger charge is 2.28. The monoisotopic (exact) mass is 321 g/mol. The average Bonchev–Trinajstić information content (AvgIpc) is 3.16. The summed E-state index contributed by atoms with van der Waals surface area (Å²) in [7, 11) is 1.82. The minimum absolute atomic E-state index is 0.0767. The number of aryl methyl sites for hydroxylation is 1. The molecule has 1 aliphatic carbocycles. The van der Waals surface area contributed by atoms with Crippen LogP contribution in [0.2, 0.25) is 0 Å². The number of aromatic nitrogens is 2. The highest BCUT2D eigenvalue weighted by molar-refractivity contribution is 5.78. The lowest BCUT2D eigenvalue weighted by atomic mass is 9.89. The first-order valence-corrected chi connectivity index (χ1v) is 8.91. The number of amides is 1. The molecule has 5 nitrogen and oxygen atoms in total. The number of hydrogen-bond acceptors (Lipinski definition) is 3. The molecule has 1 amide bonds. The standard InChI is InChI=1S/C18H31N3O2/c1-4-7-15(10-14-8-5-6-9-14)17(22)19-13-18(2,23)16-11-20-21(3)12-16/h11-12,14-15,23H,4-10,13H2,1-3H3,(H,19,22). The van der Waals surface area contributed by atoms with Gasteiger partial charge in [-0.3, -0.25) is 9.48 Å². The fourth-order valence-corrected chi connectivity index (χ4v) is 3.56. The van der Waals surface area contributed by atoms with Gasteiger partial charge >= 0.3 is 0 Å². The maximum absolute atomic E-state index is 12.6. The summed E-state index contributed by atoms with van der Waals surface area (Å²) in [4.78, 5) is 12.6. The van der Waals surface area contributed by atoms with Crippen molar-refractivity contribution in [3.05, 3.63) is 18.0 Å². The van der Waals surface area contributed by atoms with Crippen LogP contribution in [0, 0.1) is 11.8 Å². The normalized spacial score (nSPS) is 19.5. The van der Waals surface area contributed by atoms with E-state index < -0.39 is 5.60 Å². The van der Waals surface area contributed by atoms with Crippen molar-refractivity contribution < 1.29 is 9.90 Å². The van der Waals surface area contributed by atoms with Crippen LogP contribution in [-0.4, -0.2) is 27.3 Å². The summed E-state index contributed by atoms with van der Waals surface area (Å²) in [6.45, 7) is 4.07. The lowest BCUT2D eigenvalue weighted by Gasteiger charge is -2.25. The number of carbonyl (C=O) groups is 1. The molecule has 0 spiro atoms. The number of rotatable bonds is 8. The zero-order chi connectivity index (χ0) is 16.9. The Morgan fingerprint density at radius 2 is 2.22 bits per heavy atom. The van der Waals surface area contributed by atoms with Crippen LogP contribution in [0.25, 0.3) is 0 Å². The molecule has 1 heterocycles. The van der Waals surface area contributed by atoms with Gasteiger partial charge in [0.2, 0.25) is 5.91 Å². The first-order valence-electron chi connectivity index (χ1n) is 8.91. The molecule has 0 radical (unpaired) electrons. The molecule has 23 heavy (non-hydrogen) atoms. The summed E-state index contributed by atoms with van der Waals surface area (Å²) in [6.07, 6.45) is 11.5. The summed E-state index contributed by atoms with van der Waals surface area (Å²) >= 11 is 0. The number of carbonyl (C=O) groups excluding carboxylic acids is 1. The van der Waals surface area contributed by atoms with Gasteiger partial charge in [0.05, 0.1) is 12.7 Å². The Morgan fingerprint density at radius 1 is 1.52 bits per heavy atom. The van der Waals surface area contributed by atoms with Crippen LogP contribution in [0.3, 0.4) is 0 Å². The highest BCUT2D eigenvalue weighted by Crippen LogP contribution is 2.32. The molecule has 130 valence electrons. The lowest BCUT2D eigenvalue weighted by molar-refractivity contribution is -0.127. The second-order valence-corrected chi connectivity index (χ2v) is 7.27. The van der Waals surface area contributed by atoms with E-state index in [4.69, 9.17) is 0 Å². The molecule has 0 aromatic carbocycles. The lowest BCUT2D eigenvalue weighted by Crippen LogP contribution is -2.41. The molecule has 2 rings (SSSR count). The Balaban J connectivity index is 1.89. The molecule has 0 bridgehead atoms. The zero-order valence-corrected chi connectivity index (χ0v) is 14.7. The molecule has 1 aromatic heterocycles. The molecular weight excluding hydrogens is 290 g/mol. The minimum Gasteiger partial charge on any atom is -0.383 e. The van der Waals surface area contributed by atoms with E-state index in [9.17, 15) is 9.90 Å². The molecule has 1 fully saturated rings. The predicted octanol–water partition coefficient (Wildman–Crippen LogP) is 2.74. The molecule has 2 N–H and O–H groups in total. The van der Waals surface area contributed by atoms with Crippen molar-refractivity contribution in [3.8, 4) is 0 Å². The molecule has 1 saturated carbocycles. The van der Waals surface area contributed by atoms with Crippen molar-refractivity contribution in [1.29, 1.82) is 0 Å². The van der Waals surface area contributed by atoms with Gasteiger partial charge in [-0.1, -0.05) is 39.0 Å². The summed E-state index contributed by atoms with van der Waals surface area (Å²) < 4.78 is 1.66. The van der Waals surface area contributed by atoms with Gasteiger partial charge in [-0.05, 0) is 25.7 Å². The molecule has 1 aliphatic rings. The van der Waals surface area contributed by atoms with Crippen molar-refractivity contribution >= 4 is 5.91 Å². The van der Waals surface area contributed by atoms with Crippen LogP contribution in [0.5, 0.6) is 0 Å². The number of aliphatic hydroxyl groups is 1. The smallest absolute Gasteiger partial charge is 0.223 e. The fourth-order valence-electron chi connectivity index (χ4n) is 3.56. The van der Waals surface area contributed by atoms with Crippen LogP contribution < -0.4 is 5.32 Å². The van der Waals surface area contributed by atoms with E-state index in [0.29, 0.717) is 5.92 Å². The van der Waals surface area contributed by atoms with Gasteiger partial charge in [0.1, 0.15) is 5.60 Å². The molecule has 2 unspecified atom stereocenters. The van der Waals surface area contributed by atoms with E-state index in [1.807, 2.05) is 7.05 Å². The van der Waals surface area contributed by atoms with Gasteiger partial charge in [0, 0.05) is 24.7 Å². The third-order valence-corrected chi connectivity index (χ3v) is 5.03. The molecule has 0 aliphatic heterocycles. The zero-order valence-electron chi connectivity index (χ0n) is 14.7. The van der Waals surface area contributed by atoms with E-state index in [2.05, 4.69) is 17.3 Å². The van der Waals surface area contributed by atoms with Gasteiger partial charge in [0.15, 0.2) is 0 Å². The van der Waals surface area contributed by atoms with E-state index in [-0.39, 0.29) is 18.4 Å². The molecule has 5 heteroatoms. The third kappa shape index (κ3) is 5.06. The predicted molar refractivity (Wildman–Crippen MR) is 90.8 cm³/mol. The Hall–Kier alpha value is -1.36. The van der Waals surface area contributed by atoms with E-state index in [0.717, 1.165) is 24.8 Å². The van der Waals surface area contributed by atoms with Crippen LogP contribution in [0.4, 0.5) is 0 Å². The van der Waals surface area contributed by atoms with E-state index in [1.54, 1.807) is 24.0 Å². The second kappa shape index (κ2) is 7.95. The van der Waals surface area contributed by atoms with Crippen molar-refractivity contribution in [3.63, 3.8) is 0 Å². The third-order valence-electron chi connectivity index (χ3n) is 5.03. The van der Waals surface area contributed by atoms with Gasteiger partial charge in [-0.2, -0.15) is 5.10 Å². The van der Waals surface area contributed by atoms with Crippen LogP contribution in [0.15, 0.2) is 12.4 Å². The second-order valence-electron chi connectivity index (χ2n) is 7.27. The van der Waals surface area contributed by atoms with Gasteiger partial charge in [0.25, 0.3) is 0 Å². The maximum atomic E-state index is 12.6. The van der Waals surface area contributed by atoms with Crippen molar-refractivity contribution in [2.75, 3.05) is 6.54 Å². The number of nitrogens with zero attached hydrogens (tertiary/aromatic N) is 2. The molecule has 0 saturated heterocycles. The molecular formula is C18H31N3O2. The Kier molecular flexibility index (Phi) is 6.22. The quantitative estimate of drug-likeness (QED) is 0.773. The first-order chi connectivity index (χ1) is 10.9. The fraction of sp³-hybridized carbons (Fsp3) is 0.778. The molecule has 1 aromatic rings. The maximum Gasteiger partial charge on any atom is 0.223 e. The van der Waals surface area contributed by atoms with Crippen molar-refractivity contribution in [2.24, 2.45) is 18.9 Å². The Labute approximate surface area is 139 Å². The number of hydrogen-bond donors (Lipinski definition) is 2. The summed E-state index contributed by atoms with van der Waals surface area (Å²) in [5, 5.41) is 17.6. The van der Waals surface area contributed by atoms with Crippen LogP contribution in [0.1, 0.15) is 64.4 Å². The van der Waals surface area contributed by atoms with Gasteiger partial charge in [-0.15, -0.1) is 0 Å². The molecule has 2 atom stereocenters. The van der Waals surface area contributed by atoms with E-state index >= 15 is 0 Å². The van der Waals surface area contributed by atoms with Crippen molar-refractivity contribution in [2.45, 2.75) is 64.4 Å². The summed E-state index contributed by atoms with van der Waals surface area (Å²) in [6, 6.07) is 0. The summed E-state index contributed by atoms with van der Waals surface area (Å²) in [5.41, 5.74) is -0.364. The SMILES string of the molecule is CCCC(CC1CCCC1)C(=O)NCC(C)(O)c1cnn(C)c1. The van der Waals surface area contributed by atoms with Crippen LogP contribution >= 0.6 is 0 Å². The Morgan fingerprint density at radius 3 is 2.78 bits per heavy atom. The van der Waals surface area contributed by atoms with Crippen LogP contribution in [-0.2, 0) is 17.4 Å². The number of nitrogens with one attached hydrogen (secondary N) is 1. The Bertz CT molecular complexity index is 504.